The van der Waals surface area contributed by atoms with Gasteiger partial charge in [-0.15, -0.1) is 0 Å². The van der Waals surface area contributed by atoms with Crippen molar-refractivity contribution in [2.75, 3.05) is 13.2 Å². The Labute approximate surface area is 100 Å². The van der Waals surface area contributed by atoms with Crippen LogP contribution in [0.25, 0.3) is 0 Å². The highest BCUT2D eigenvalue weighted by Crippen LogP contribution is 2.32. The summed E-state index contributed by atoms with van der Waals surface area (Å²) in [6.07, 6.45) is 9.13. The van der Waals surface area contributed by atoms with Crippen LogP contribution in [-0.4, -0.2) is 23.9 Å². The number of hydrogen-bond donors (Lipinski definition) is 1. The van der Waals surface area contributed by atoms with Crippen molar-refractivity contribution >= 4 is 0 Å². The van der Waals surface area contributed by atoms with E-state index < -0.39 is 5.60 Å². The molecule has 0 radical (unpaired) electrons. The molecule has 1 aliphatic rings. The van der Waals surface area contributed by atoms with Crippen molar-refractivity contribution in [2.45, 2.75) is 70.8 Å². The maximum Gasteiger partial charge on any atom is 0.0880 e. The lowest BCUT2D eigenvalue weighted by Gasteiger charge is -2.26. The number of aliphatic hydroxyl groups is 1. The molecule has 0 saturated heterocycles. The smallest absolute Gasteiger partial charge is 0.0880 e. The zero-order valence-corrected chi connectivity index (χ0v) is 11.0. The van der Waals surface area contributed by atoms with E-state index >= 15 is 0 Å². The van der Waals surface area contributed by atoms with E-state index in [9.17, 15) is 5.11 Å². The molecule has 1 N–H and O–H groups in total. The van der Waals surface area contributed by atoms with Crippen LogP contribution in [0, 0.1) is 5.92 Å². The molecule has 1 fully saturated rings. The SMILES string of the molecule is CCCOCC1(O)CCCC(CCC)CC1. The third kappa shape index (κ3) is 4.84. The first-order valence-corrected chi connectivity index (χ1v) is 7.00. The van der Waals surface area contributed by atoms with E-state index in [1.165, 1.54) is 25.7 Å². The minimum absolute atomic E-state index is 0.530. The van der Waals surface area contributed by atoms with Gasteiger partial charge >= 0.3 is 0 Å². The van der Waals surface area contributed by atoms with Gasteiger partial charge in [0, 0.05) is 6.61 Å². The Morgan fingerprint density at radius 1 is 1.19 bits per heavy atom. The van der Waals surface area contributed by atoms with Crippen molar-refractivity contribution < 1.29 is 9.84 Å². The van der Waals surface area contributed by atoms with Crippen LogP contribution in [0.1, 0.15) is 65.2 Å². The van der Waals surface area contributed by atoms with E-state index in [4.69, 9.17) is 4.74 Å². The molecular formula is C14H28O2. The van der Waals surface area contributed by atoms with Crippen LogP contribution in [0.15, 0.2) is 0 Å². The fourth-order valence-corrected chi connectivity index (χ4v) is 2.71. The predicted octanol–water partition coefficient (Wildman–Crippen LogP) is 3.52. The Balaban J connectivity index is 2.32. The molecule has 0 spiro atoms. The molecule has 1 saturated carbocycles. The van der Waals surface area contributed by atoms with Crippen molar-refractivity contribution in [2.24, 2.45) is 5.92 Å². The van der Waals surface area contributed by atoms with Crippen LogP contribution in [0.3, 0.4) is 0 Å². The van der Waals surface area contributed by atoms with E-state index in [2.05, 4.69) is 13.8 Å². The Morgan fingerprint density at radius 2 is 2.00 bits per heavy atom. The van der Waals surface area contributed by atoms with Crippen LogP contribution in [-0.2, 0) is 4.74 Å². The predicted molar refractivity (Wildman–Crippen MR) is 67.5 cm³/mol. The Hall–Kier alpha value is -0.0800. The lowest BCUT2D eigenvalue weighted by atomic mass is 9.93. The van der Waals surface area contributed by atoms with Crippen molar-refractivity contribution in [1.29, 1.82) is 0 Å². The summed E-state index contributed by atoms with van der Waals surface area (Å²) in [5.41, 5.74) is -0.530. The van der Waals surface area contributed by atoms with Gasteiger partial charge in [0.05, 0.1) is 12.2 Å². The van der Waals surface area contributed by atoms with Crippen LogP contribution >= 0.6 is 0 Å². The highest BCUT2D eigenvalue weighted by Gasteiger charge is 2.30. The molecule has 0 amide bonds. The number of rotatable bonds is 6. The minimum atomic E-state index is -0.530. The third-order valence-corrected chi connectivity index (χ3v) is 3.69. The average Bonchev–Trinajstić information content (AvgIpc) is 2.43. The second-order valence-electron chi connectivity index (χ2n) is 5.36. The molecule has 2 heteroatoms. The number of ether oxygens (including phenoxy) is 1. The summed E-state index contributed by atoms with van der Waals surface area (Å²) >= 11 is 0. The summed E-state index contributed by atoms with van der Waals surface area (Å²) in [4.78, 5) is 0. The Morgan fingerprint density at radius 3 is 2.69 bits per heavy atom. The monoisotopic (exact) mass is 228 g/mol. The highest BCUT2D eigenvalue weighted by atomic mass is 16.5. The minimum Gasteiger partial charge on any atom is -0.387 e. The molecule has 0 aromatic rings. The van der Waals surface area contributed by atoms with Crippen molar-refractivity contribution in [3.05, 3.63) is 0 Å². The van der Waals surface area contributed by atoms with Gasteiger partial charge in [-0.2, -0.15) is 0 Å². The quantitative estimate of drug-likeness (QED) is 0.557. The van der Waals surface area contributed by atoms with E-state index in [1.807, 2.05) is 0 Å². The highest BCUT2D eigenvalue weighted by molar-refractivity contribution is 4.83. The van der Waals surface area contributed by atoms with Crippen LogP contribution in [0.4, 0.5) is 0 Å². The first-order chi connectivity index (χ1) is 7.70. The van der Waals surface area contributed by atoms with Crippen LogP contribution in [0.2, 0.25) is 0 Å². The molecule has 1 rings (SSSR count). The van der Waals surface area contributed by atoms with Gasteiger partial charge in [-0.25, -0.2) is 0 Å². The first-order valence-electron chi connectivity index (χ1n) is 7.00. The molecule has 0 aliphatic heterocycles. The molecule has 1 aliphatic carbocycles. The molecule has 16 heavy (non-hydrogen) atoms. The van der Waals surface area contributed by atoms with E-state index in [0.29, 0.717) is 6.61 Å². The fourth-order valence-electron chi connectivity index (χ4n) is 2.71. The van der Waals surface area contributed by atoms with Crippen molar-refractivity contribution in [3.8, 4) is 0 Å². The molecule has 0 heterocycles. The van der Waals surface area contributed by atoms with E-state index in [0.717, 1.165) is 38.2 Å². The Kier molecular flexibility index (Phi) is 6.37. The van der Waals surface area contributed by atoms with Gasteiger partial charge in [0.1, 0.15) is 0 Å². The average molecular weight is 228 g/mol. The van der Waals surface area contributed by atoms with Gasteiger partial charge in [-0.1, -0.05) is 39.5 Å². The van der Waals surface area contributed by atoms with Crippen LogP contribution in [0.5, 0.6) is 0 Å². The third-order valence-electron chi connectivity index (χ3n) is 3.69. The largest absolute Gasteiger partial charge is 0.387 e. The van der Waals surface area contributed by atoms with Gasteiger partial charge < -0.3 is 9.84 Å². The fraction of sp³-hybridized carbons (Fsp3) is 1.00. The molecular weight excluding hydrogens is 200 g/mol. The summed E-state index contributed by atoms with van der Waals surface area (Å²) in [6, 6.07) is 0. The normalized spacial score (nSPS) is 31.3. The molecule has 0 aromatic carbocycles. The standard InChI is InChI=1S/C14H28O2/c1-3-6-13-7-5-9-14(15,10-8-13)12-16-11-4-2/h13,15H,3-12H2,1-2H3. The van der Waals surface area contributed by atoms with Crippen molar-refractivity contribution in [1.82, 2.24) is 0 Å². The lowest BCUT2D eigenvalue weighted by molar-refractivity contribution is -0.0560. The lowest BCUT2D eigenvalue weighted by Crippen LogP contribution is -2.34. The van der Waals surface area contributed by atoms with Crippen LogP contribution < -0.4 is 0 Å². The summed E-state index contributed by atoms with van der Waals surface area (Å²) in [6.45, 7) is 5.68. The van der Waals surface area contributed by atoms with Gasteiger partial charge in [-0.3, -0.25) is 0 Å². The molecule has 2 unspecified atom stereocenters. The zero-order chi connectivity index (χ0) is 11.9. The summed E-state index contributed by atoms with van der Waals surface area (Å²) in [5, 5.41) is 10.4. The second-order valence-corrected chi connectivity index (χ2v) is 5.36. The topological polar surface area (TPSA) is 29.5 Å². The molecule has 0 bridgehead atoms. The van der Waals surface area contributed by atoms with Gasteiger partial charge in [0.15, 0.2) is 0 Å². The van der Waals surface area contributed by atoms with Gasteiger partial charge in [0.2, 0.25) is 0 Å². The maximum atomic E-state index is 10.4. The van der Waals surface area contributed by atoms with E-state index in [1.54, 1.807) is 0 Å². The van der Waals surface area contributed by atoms with Crippen molar-refractivity contribution in [3.63, 3.8) is 0 Å². The maximum absolute atomic E-state index is 10.4. The second kappa shape index (κ2) is 7.29. The molecule has 2 atom stereocenters. The molecule has 0 aromatic heterocycles. The first kappa shape index (κ1) is 14.0. The summed E-state index contributed by atoms with van der Waals surface area (Å²) < 4.78 is 5.53. The summed E-state index contributed by atoms with van der Waals surface area (Å²) in [5.74, 6) is 0.838. The van der Waals surface area contributed by atoms with Gasteiger partial charge in [0.25, 0.3) is 0 Å². The zero-order valence-electron chi connectivity index (χ0n) is 11.0. The number of hydrogen-bond acceptors (Lipinski definition) is 2. The summed E-state index contributed by atoms with van der Waals surface area (Å²) in [7, 11) is 0. The molecule has 2 nitrogen and oxygen atoms in total. The Bertz CT molecular complexity index is 182. The van der Waals surface area contributed by atoms with Gasteiger partial charge in [-0.05, 0) is 31.6 Å². The van der Waals surface area contributed by atoms with E-state index in [-0.39, 0.29) is 0 Å². The molecule has 96 valence electrons.